The summed E-state index contributed by atoms with van der Waals surface area (Å²) in [5, 5.41) is 0. The minimum Gasteiger partial charge on any atom is -0.303 e. The van der Waals surface area contributed by atoms with Gasteiger partial charge in [0.05, 0.1) is 11.5 Å². The molecule has 1 saturated heterocycles. The normalized spacial score (nSPS) is 28.4. The standard InChI is InChI=1S/C13H23NO3S/c15-12-13(5-2-1-3-6-13)11-14-7-4-9-18(16,17)10-8-14/h12H,1-11H2. The Bertz CT molecular complexity index is 385. The highest BCUT2D eigenvalue weighted by molar-refractivity contribution is 7.91. The van der Waals surface area contributed by atoms with E-state index in [9.17, 15) is 13.2 Å². The molecule has 0 N–H and O–H groups in total. The van der Waals surface area contributed by atoms with E-state index in [1.807, 2.05) is 0 Å². The van der Waals surface area contributed by atoms with Gasteiger partial charge in [-0.05, 0) is 25.8 Å². The van der Waals surface area contributed by atoms with Crippen LogP contribution >= 0.6 is 0 Å². The first kappa shape index (κ1) is 14.0. The van der Waals surface area contributed by atoms with Crippen molar-refractivity contribution in [2.24, 2.45) is 5.41 Å². The Kier molecular flexibility index (Phi) is 4.43. The molecule has 18 heavy (non-hydrogen) atoms. The number of carbonyl (C=O) groups is 1. The Balaban J connectivity index is 1.97. The van der Waals surface area contributed by atoms with Gasteiger partial charge in [-0.25, -0.2) is 8.42 Å². The molecule has 0 atom stereocenters. The maximum atomic E-state index is 11.6. The summed E-state index contributed by atoms with van der Waals surface area (Å²) < 4.78 is 23.1. The third-order valence-corrected chi connectivity index (χ3v) is 6.00. The van der Waals surface area contributed by atoms with Gasteiger partial charge in [0.25, 0.3) is 0 Å². The average molecular weight is 273 g/mol. The predicted molar refractivity (Wildman–Crippen MR) is 71.3 cm³/mol. The van der Waals surface area contributed by atoms with E-state index >= 15 is 0 Å². The van der Waals surface area contributed by atoms with Crippen molar-refractivity contribution in [3.63, 3.8) is 0 Å². The SMILES string of the molecule is O=CC1(CN2CCCS(=O)(=O)CC2)CCCCC1. The predicted octanol–water partition coefficient (Wildman–Crippen LogP) is 1.26. The van der Waals surface area contributed by atoms with Crippen LogP contribution in [0.1, 0.15) is 38.5 Å². The maximum Gasteiger partial charge on any atom is 0.151 e. The molecule has 2 aliphatic rings. The van der Waals surface area contributed by atoms with Crippen molar-refractivity contribution in [3.05, 3.63) is 0 Å². The molecule has 1 aliphatic carbocycles. The number of nitrogens with zero attached hydrogens (tertiary/aromatic N) is 1. The van der Waals surface area contributed by atoms with Crippen LogP contribution in [0.4, 0.5) is 0 Å². The van der Waals surface area contributed by atoms with Crippen molar-refractivity contribution >= 4 is 16.1 Å². The van der Waals surface area contributed by atoms with Crippen LogP contribution in [0.3, 0.4) is 0 Å². The van der Waals surface area contributed by atoms with Crippen LogP contribution in [0.2, 0.25) is 0 Å². The summed E-state index contributed by atoms with van der Waals surface area (Å²) in [5.41, 5.74) is -0.202. The molecule has 2 rings (SSSR count). The molecular formula is C13H23NO3S. The molecule has 0 unspecified atom stereocenters. The van der Waals surface area contributed by atoms with Gasteiger partial charge in [0.15, 0.2) is 9.84 Å². The molecule has 4 nitrogen and oxygen atoms in total. The third-order valence-electron chi connectivity index (χ3n) is 4.29. The Morgan fingerprint density at radius 2 is 1.72 bits per heavy atom. The van der Waals surface area contributed by atoms with E-state index in [1.54, 1.807) is 0 Å². The fourth-order valence-electron chi connectivity index (χ4n) is 3.16. The highest BCUT2D eigenvalue weighted by Gasteiger charge is 2.34. The summed E-state index contributed by atoms with van der Waals surface area (Å²) in [6.07, 6.45) is 7.27. The lowest BCUT2D eigenvalue weighted by molar-refractivity contribution is -0.119. The van der Waals surface area contributed by atoms with Crippen molar-refractivity contribution in [3.8, 4) is 0 Å². The zero-order chi connectivity index (χ0) is 13.1. The Morgan fingerprint density at radius 3 is 2.39 bits per heavy atom. The Labute approximate surface area is 110 Å². The molecule has 0 spiro atoms. The minimum absolute atomic E-state index is 0.202. The molecule has 1 aliphatic heterocycles. The second-order valence-electron chi connectivity index (χ2n) is 5.82. The van der Waals surface area contributed by atoms with Crippen molar-refractivity contribution in [1.82, 2.24) is 4.90 Å². The van der Waals surface area contributed by atoms with Crippen molar-refractivity contribution in [2.75, 3.05) is 31.1 Å². The zero-order valence-corrected chi connectivity index (χ0v) is 11.8. The van der Waals surface area contributed by atoms with Gasteiger partial charge in [0.2, 0.25) is 0 Å². The lowest BCUT2D eigenvalue weighted by Crippen LogP contribution is -2.41. The number of hydrogen-bond acceptors (Lipinski definition) is 4. The van der Waals surface area contributed by atoms with Gasteiger partial charge in [-0.3, -0.25) is 0 Å². The molecule has 0 bridgehead atoms. The van der Waals surface area contributed by atoms with E-state index in [4.69, 9.17) is 0 Å². The van der Waals surface area contributed by atoms with Gasteiger partial charge in [-0.1, -0.05) is 19.3 Å². The van der Waals surface area contributed by atoms with Crippen LogP contribution < -0.4 is 0 Å². The molecule has 0 amide bonds. The zero-order valence-electron chi connectivity index (χ0n) is 10.9. The number of hydrogen-bond donors (Lipinski definition) is 0. The van der Waals surface area contributed by atoms with Crippen LogP contribution in [0, 0.1) is 5.41 Å². The summed E-state index contributed by atoms with van der Waals surface area (Å²) >= 11 is 0. The summed E-state index contributed by atoms with van der Waals surface area (Å²) in [4.78, 5) is 13.6. The van der Waals surface area contributed by atoms with Crippen LogP contribution in [0.15, 0.2) is 0 Å². The molecular weight excluding hydrogens is 250 g/mol. The maximum absolute atomic E-state index is 11.6. The van der Waals surface area contributed by atoms with E-state index in [0.29, 0.717) is 18.7 Å². The number of sulfone groups is 1. The molecule has 1 heterocycles. The highest BCUT2D eigenvalue weighted by Crippen LogP contribution is 2.35. The topological polar surface area (TPSA) is 54.5 Å². The first-order valence-corrected chi connectivity index (χ1v) is 8.77. The number of aldehydes is 1. The molecule has 0 radical (unpaired) electrons. The number of carbonyl (C=O) groups excluding carboxylic acids is 1. The van der Waals surface area contributed by atoms with Gasteiger partial charge in [-0.2, -0.15) is 0 Å². The highest BCUT2D eigenvalue weighted by atomic mass is 32.2. The molecule has 1 saturated carbocycles. The van der Waals surface area contributed by atoms with Crippen molar-refractivity contribution < 1.29 is 13.2 Å². The lowest BCUT2D eigenvalue weighted by Gasteiger charge is -2.36. The molecule has 104 valence electrons. The second-order valence-corrected chi connectivity index (χ2v) is 8.13. The summed E-state index contributed by atoms with van der Waals surface area (Å²) in [7, 11) is -2.85. The number of rotatable bonds is 3. The molecule has 2 fully saturated rings. The molecule has 0 aromatic rings. The monoisotopic (exact) mass is 273 g/mol. The summed E-state index contributed by atoms with van der Waals surface area (Å²) in [5.74, 6) is 0.555. The minimum atomic E-state index is -2.85. The molecule has 0 aromatic carbocycles. The fraction of sp³-hybridized carbons (Fsp3) is 0.923. The fourth-order valence-corrected chi connectivity index (χ4v) is 4.47. The van der Waals surface area contributed by atoms with E-state index in [0.717, 1.165) is 45.1 Å². The average Bonchev–Trinajstić information content (AvgIpc) is 2.52. The van der Waals surface area contributed by atoms with E-state index in [-0.39, 0.29) is 11.2 Å². The van der Waals surface area contributed by atoms with Gasteiger partial charge < -0.3 is 9.69 Å². The van der Waals surface area contributed by atoms with E-state index in [2.05, 4.69) is 4.90 Å². The Morgan fingerprint density at radius 1 is 1.00 bits per heavy atom. The first-order valence-electron chi connectivity index (χ1n) is 6.94. The Hall–Kier alpha value is -0.420. The van der Waals surface area contributed by atoms with Gasteiger partial charge in [0, 0.05) is 18.5 Å². The first-order chi connectivity index (χ1) is 8.55. The van der Waals surface area contributed by atoms with Crippen molar-refractivity contribution in [1.29, 1.82) is 0 Å². The van der Waals surface area contributed by atoms with Gasteiger partial charge in [-0.15, -0.1) is 0 Å². The van der Waals surface area contributed by atoms with Crippen LogP contribution in [-0.2, 0) is 14.6 Å². The van der Waals surface area contributed by atoms with Crippen LogP contribution in [0.25, 0.3) is 0 Å². The van der Waals surface area contributed by atoms with Gasteiger partial charge in [0.1, 0.15) is 6.29 Å². The molecule has 5 heteroatoms. The summed E-state index contributed by atoms with van der Waals surface area (Å²) in [6.45, 7) is 2.17. The smallest absolute Gasteiger partial charge is 0.151 e. The van der Waals surface area contributed by atoms with Crippen molar-refractivity contribution in [2.45, 2.75) is 38.5 Å². The van der Waals surface area contributed by atoms with Crippen LogP contribution in [0.5, 0.6) is 0 Å². The molecule has 0 aromatic heterocycles. The second kappa shape index (κ2) is 5.70. The van der Waals surface area contributed by atoms with E-state index in [1.165, 1.54) is 6.42 Å². The van der Waals surface area contributed by atoms with E-state index < -0.39 is 9.84 Å². The van der Waals surface area contributed by atoms with Crippen LogP contribution in [-0.4, -0.2) is 50.7 Å². The lowest BCUT2D eigenvalue weighted by atomic mass is 9.75. The third kappa shape index (κ3) is 3.54. The summed E-state index contributed by atoms with van der Waals surface area (Å²) in [6, 6.07) is 0. The van der Waals surface area contributed by atoms with Gasteiger partial charge >= 0.3 is 0 Å². The quantitative estimate of drug-likeness (QED) is 0.726. The largest absolute Gasteiger partial charge is 0.303 e.